The molecule has 0 aromatic carbocycles. The number of aromatic nitrogens is 2. The highest BCUT2D eigenvalue weighted by Gasteiger charge is 2.19. The SMILES string of the molecule is N#Cc1ncccc1N1CCN(Cc2cncc(F)c2)CC1. The summed E-state index contributed by atoms with van der Waals surface area (Å²) < 4.78 is 13.2. The summed E-state index contributed by atoms with van der Waals surface area (Å²) in [6.07, 6.45) is 4.55. The average molecular weight is 297 g/mol. The zero-order valence-corrected chi connectivity index (χ0v) is 12.1. The molecule has 1 aliphatic heterocycles. The fourth-order valence-corrected chi connectivity index (χ4v) is 2.69. The Bertz CT molecular complexity index is 689. The number of piperazine rings is 1. The molecule has 0 atom stereocenters. The Hall–Kier alpha value is -2.52. The molecule has 22 heavy (non-hydrogen) atoms. The quantitative estimate of drug-likeness (QED) is 0.865. The molecule has 5 nitrogen and oxygen atoms in total. The van der Waals surface area contributed by atoms with E-state index in [-0.39, 0.29) is 5.82 Å². The van der Waals surface area contributed by atoms with E-state index >= 15 is 0 Å². The van der Waals surface area contributed by atoms with Gasteiger partial charge in [0.05, 0.1) is 11.9 Å². The fraction of sp³-hybridized carbons (Fsp3) is 0.312. The number of nitriles is 1. The highest BCUT2D eigenvalue weighted by Crippen LogP contribution is 2.19. The lowest BCUT2D eigenvalue weighted by atomic mass is 10.2. The van der Waals surface area contributed by atoms with Crippen molar-refractivity contribution in [1.29, 1.82) is 5.26 Å². The van der Waals surface area contributed by atoms with Crippen molar-refractivity contribution in [2.75, 3.05) is 31.1 Å². The lowest BCUT2D eigenvalue weighted by Gasteiger charge is -2.36. The van der Waals surface area contributed by atoms with E-state index in [4.69, 9.17) is 5.26 Å². The van der Waals surface area contributed by atoms with Crippen LogP contribution in [0.25, 0.3) is 0 Å². The summed E-state index contributed by atoms with van der Waals surface area (Å²) in [5.41, 5.74) is 2.23. The topological polar surface area (TPSA) is 56.1 Å². The second kappa shape index (κ2) is 6.50. The Morgan fingerprint density at radius 2 is 2.05 bits per heavy atom. The van der Waals surface area contributed by atoms with Crippen LogP contribution in [0.15, 0.2) is 36.8 Å². The molecule has 1 fully saturated rings. The molecule has 112 valence electrons. The van der Waals surface area contributed by atoms with Crippen molar-refractivity contribution in [1.82, 2.24) is 14.9 Å². The summed E-state index contributed by atoms with van der Waals surface area (Å²) in [5.74, 6) is -0.301. The third kappa shape index (κ3) is 3.21. The standard InChI is InChI=1S/C16H16FN5/c17-14-8-13(10-19-11-14)12-21-4-6-22(7-5-21)16-2-1-3-20-15(16)9-18/h1-3,8,10-11H,4-7,12H2. The highest BCUT2D eigenvalue weighted by molar-refractivity contribution is 5.55. The van der Waals surface area contributed by atoms with Gasteiger partial charge >= 0.3 is 0 Å². The van der Waals surface area contributed by atoms with E-state index in [1.807, 2.05) is 12.1 Å². The molecule has 0 N–H and O–H groups in total. The first kappa shape index (κ1) is 14.4. The number of pyridine rings is 2. The Kier molecular flexibility index (Phi) is 4.26. The van der Waals surface area contributed by atoms with E-state index in [1.54, 1.807) is 12.4 Å². The predicted octanol–water partition coefficient (Wildman–Crippen LogP) is 1.81. The Morgan fingerprint density at radius 3 is 2.77 bits per heavy atom. The zero-order chi connectivity index (χ0) is 15.4. The molecule has 6 heteroatoms. The van der Waals surface area contributed by atoms with Crippen LogP contribution in [0.1, 0.15) is 11.3 Å². The van der Waals surface area contributed by atoms with Gasteiger partial charge < -0.3 is 4.90 Å². The van der Waals surface area contributed by atoms with Crippen LogP contribution in [0, 0.1) is 17.1 Å². The van der Waals surface area contributed by atoms with Gasteiger partial charge in [0.2, 0.25) is 0 Å². The van der Waals surface area contributed by atoms with Crippen molar-refractivity contribution in [3.05, 3.63) is 53.9 Å². The zero-order valence-electron chi connectivity index (χ0n) is 12.1. The van der Waals surface area contributed by atoms with Gasteiger partial charge in [-0.2, -0.15) is 5.26 Å². The molecule has 1 saturated heterocycles. The summed E-state index contributed by atoms with van der Waals surface area (Å²) in [5, 5.41) is 9.13. The Morgan fingerprint density at radius 1 is 1.23 bits per heavy atom. The maximum Gasteiger partial charge on any atom is 0.163 e. The van der Waals surface area contributed by atoms with E-state index in [2.05, 4.69) is 25.8 Å². The molecule has 0 amide bonds. The second-order valence-corrected chi connectivity index (χ2v) is 5.26. The molecule has 3 heterocycles. The Balaban J connectivity index is 1.62. The summed E-state index contributed by atoms with van der Waals surface area (Å²) in [6.45, 7) is 4.05. The molecule has 0 spiro atoms. The summed E-state index contributed by atoms with van der Waals surface area (Å²) >= 11 is 0. The fourth-order valence-electron chi connectivity index (χ4n) is 2.69. The van der Waals surface area contributed by atoms with Crippen LogP contribution in [0.3, 0.4) is 0 Å². The maximum absolute atomic E-state index is 13.2. The number of hydrogen-bond acceptors (Lipinski definition) is 5. The van der Waals surface area contributed by atoms with Crippen LogP contribution < -0.4 is 4.90 Å². The molecule has 0 radical (unpaired) electrons. The number of rotatable bonds is 3. The van der Waals surface area contributed by atoms with Crippen molar-refractivity contribution in [2.24, 2.45) is 0 Å². The van der Waals surface area contributed by atoms with Gasteiger partial charge in [-0.25, -0.2) is 9.37 Å². The van der Waals surface area contributed by atoms with Crippen LogP contribution in [-0.4, -0.2) is 41.0 Å². The molecule has 2 aromatic rings. The van der Waals surface area contributed by atoms with Gasteiger partial charge in [-0.05, 0) is 23.8 Å². The molecule has 1 aliphatic rings. The van der Waals surface area contributed by atoms with Crippen molar-refractivity contribution in [2.45, 2.75) is 6.54 Å². The monoisotopic (exact) mass is 297 g/mol. The lowest BCUT2D eigenvalue weighted by molar-refractivity contribution is 0.249. The van der Waals surface area contributed by atoms with Crippen LogP contribution >= 0.6 is 0 Å². The molecule has 3 rings (SSSR count). The van der Waals surface area contributed by atoms with Crippen molar-refractivity contribution < 1.29 is 4.39 Å². The second-order valence-electron chi connectivity index (χ2n) is 5.26. The lowest BCUT2D eigenvalue weighted by Crippen LogP contribution is -2.46. The summed E-state index contributed by atoms with van der Waals surface area (Å²) in [7, 11) is 0. The summed E-state index contributed by atoms with van der Waals surface area (Å²) in [4.78, 5) is 12.4. The van der Waals surface area contributed by atoms with E-state index < -0.39 is 0 Å². The first-order valence-corrected chi connectivity index (χ1v) is 7.18. The summed E-state index contributed by atoms with van der Waals surface area (Å²) in [6, 6.07) is 7.43. The van der Waals surface area contributed by atoms with E-state index in [0.29, 0.717) is 12.2 Å². The van der Waals surface area contributed by atoms with Crippen molar-refractivity contribution in [3.63, 3.8) is 0 Å². The molecule has 2 aromatic heterocycles. The van der Waals surface area contributed by atoms with E-state index in [9.17, 15) is 4.39 Å². The first-order valence-electron chi connectivity index (χ1n) is 7.18. The smallest absolute Gasteiger partial charge is 0.163 e. The minimum absolute atomic E-state index is 0.301. The minimum atomic E-state index is -0.301. The normalized spacial score (nSPS) is 15.5. The molecule has 0 saturated carbocycles. The van der Waals surface area contributed by atoms with E-state index in [0.717, 1.165) is 37.4 Å². The highest BCUT2D eigenvalue weighted by atomic mass is 19.1. The molecule has 0 aliphatic carbocycles. The third-order valence-electron chi connectivity index (χ3n) is 3.77. The number of nitrogens with zero attached hydrogens (tertiary/aromatic N) is 5. The molecule has 0 unspecified atom stereocenters. The van der Waals surface area contributed by atoms with Gasteiger partial charge in [0.15, 0.2) is 5.69 Å². The first-order chi connectivity index (χ1) is 10.8. The van der Waals surface area contributed by atoms with Crippen LogP contribution in [0.5, 0.6) is 0 Å². The van der Waals surface area contributed by atoms with Crippen molar-refractivity contribution in [3.8, 4) is 6.07 Å². The van der Waals surface area contributed by atoms with Crippen LogP contribution in [0.4, 0.5) is 10.1 Å². The molecular formula is C16H16FN5. The molecular weight excluding hydrogens is 281 g/mol. The van der Waals surface area contributed by atoms with Crippen LogP contribution in [-0.2, 0) is 6.54 Å². The van der Waals surface area contributed by atoms with Crippen molar-refractivity contribution >= 4 is 5.69 Å². The van der Waals surface area contributed by atoms with Gasteiger partial charge in [0, 0.05) is 45.1 Å². The predicted molar refractivity (Wildman–Crippen MR) is 80.6 cm³/mol. The van der Waals surface area contributed by atoms with Gasteiger partial charge in [-0.15, -0.1) is 0 Å². The largest absolute Gasteiger partial charge is 0.367 e. The number of anilines is 1. The van der Waals surface area contributed by atoms with E-state index in [1.165, 1.54) is 12.3 Å². The number of hydrogen-bond donors (Lipinski definition) is 0. The third-order valence-corrected chi connectivity index (χ3v) is 3.77. The van der Waals surface area contributed by atoms with Gasteiger partial charge in [-0.3, -0.25) is 9.88 Å². The Labute approximate surface area is 128 Å². The molecule has 0 bridgehead atoms. The number of halogens is 1. The van der Waals surface area contributed by atoms with Crippen LogP contribution in [0.2, 0.25) is 0 Å². The van der Waals surface area contributed by atoms with Gasteiger partial charge in [0.25, 0.3) is 0 Å². The minimum Gasteiger partial charge on any atom is -0.367 e. The average Bonchev–Trinajstić information content (AvgIpc) is 2.56. The maximum atomic E-state index is 13.2. The van der Waals surface area contributed by atoms with Gasteiger partial charge in [0.1, 0.15) is 11.9 Å². The van der Waals surface area contributed by atoms with Gasteiger partial charge in [-0.1, -0.05) is 0 Å².